The molecule has 1 fully saturated rings. The zero-order valence-corrected chi connectivity index (χ0v) is 13.0. The van der Waals surface area contributed by atoms with Gasteiger partial charge in [0.2, 0.25) is 0 Å². The summed E-state index contributed by atoms with van der Waals surface area (Å²) in [7, 11) is 0. The molecule has 0 radical (unpaired) electrons. The molecule has 1 saturated carbocycles. The maximum Gasteiger partial charge on any atom is 0.320 e. The predicted octanol–water partition coefficient (Wildman–Crippen LogP) is 3.82. The van der Waals surface area contributed by atoms with Crippen molar-refractivity contribution in [2.45, 2.75) is 84.7 Å². The molecule has 19 heavy (non-hydrogen) atoms. The first-order chi connectivity index (χ1) is 8.84. The molecule has 0 aliphatic heterocycles. The number of hydrogen-bond acceptors (Lipinski definition) is 2. The molecule has 0 spiro atoms. The summed E-state index contributed by atoms with van der Waals surface area (Å²) in [5, 5.41) is 12.6. The molecule has 3 heteroatoms. The second-order valence-corrected chi connectivity index (χ2v) is 7.11. The zero-order chi connectivity index (χ0) is 14.5. The average molecular weight is 269 g/mol. The van der Waals surface area contributed by atoms with Crippen molar-refractivity contribution in [1.29, 1.82) is 0 Å². The Hall–Kier alpha value is -0.570. The zero-order valence-electron chi connectivity index (χ0n) is 13.0. The number of carboxylic acid groups (broad SMARTS) is 1. The molecule has 2 N–H and O–H groups in total. The van der Waals surface area contributed by atoms with Crippen LogP contribution in [0.25, 0.3) is 0 Å². The third-order valence-electron chi connectivity index (χ3n) is 4.53. The van der Waals surface area contributed by atoms with E-state index >= 15 is 0 Å². The van der Waals surface area contributed by atoms with E-state index in [2.05, 4.69) is 33.0 Å². The van der Waals surface area contributed by atoms with Crippen LogP contribution in [0.15, 0.2) is 0 Å². The molecule has 0 heterocycles. The van der Waals surface area contributed by atoms with E-state index in [-0.39, 0.29) is 6.04 Å². The molecule has 1 unspecified atom stereocenters. The van der Waals surface area contributed by atoms with Gasteiger partial charge in [-0.25, -0.2) is 0 Å². The number of aliphatic carboxylic acids is 1. The largest absolute Gasteiger partial charge is 0.480 e. The van der Waals surface area contributed by atoms with Crippen molar-refractivity contribution < 1.29 is 9.90 Å². The maximum atomic E-state index is 11.2. The lowest BCUT2D eigenvalue weighted by Crippen LogP contribution is -2.45. The Labute approximate surface area is 118 Å². The van der Waals surface area contributed by atoms with Gasteiger partial charge >= 0.3 is 5.97 Å². The van der Waals surface area contributed by atoms with Gasteiger partial charge in [0.05, 0.1) is 0 Å². The van der Waals surface area contributed by atoms with Gasteiger partial charge in [-0.1, -0.05) is 40.5 Å². The Morgan fingerprint density at radius 1 is 1.26 bits per heavy atom. The van der Waals surface area contributed by atoms with E-state index in [1.54, 1.807) is 0 Å². The van der Waals surface area contributed by atoms with Crippen molar-refractivity contribution in [2.24, 2.45) is 11.3 Å². The first-order valence-corrected chi connectivity index (χ1v) is 7.83. The number of unbranched alkanes of at least 4 members (excludes halogenated alkanes) is 1. The lowest BCUT2D eigenvalue weighted by molar-refractivity contribution is -0.140. The van der Waals surface area contributed by atoms with Gasteiger partial charge in [-0.3, -0.25) is 4.79 Å². The molecule has 0 amide bonds. The smallest absolute Gasteiger partial charge is 0.320 e. The van der Waals surface area contributed by atoms with Gasteiger partial charge < -0.3 is 10.4 Å². The van der Waals surface area contributed by atoms with E-state index in [9.17, 15) is 9.90 Å². The van der Waals surface area contributed by atoms with E-state index in [4.69, 9.17) is 0 Å². The SMILES string of the molecule is CCCCC(NC1CCC(C(C)(C)C)CC1)C(=O)O. The molecule has 1 aliphatic rings. The summed E-state index contributed by atoms with van der Waals surface area (Å²) in [5.41, 5.74) is 0.388. The Kier molecular flexibility index (Phi) is 6.31. The van der Waals surface area contributed by atoms with Gasteiger partial charge in [-0.15, -0.1) is 0 Å². The fourth-order valence-electron chi connectivity index (χ4n) is 3.10. The predicted molar refractivity (Wildman–Crippen MR) is 79.3 cm³/mol. The normalized spacial score (nSPS) is 26.1. The summed E-state index contributed by atoms with van der Waals surface area (Å²) >= 11 is 0. The van der Waals surface area contributed by atoms with Crippen LogP contribution in [0.3, 0.4) is 0 Å². The highest BCUT2D eigenvalue weighted by atomic mass is 16.4. The maximum absolute atomic E-state index is 11.2. The highest BCUT2D eigenvalue weighted by Gasteiger charge is 2.31. The third kappa shape index (κ3) is 5.52. The number of nitrogens with one attached hydrogen (secondary N) is 1. The third-order valence-corrected chi connectivity index (χ3v) is 4.53. The van der Waals surface area contributed by atoms with Crippen LogP contribution in [-0.2, 0) is 4.79 Å². The fraction of sp³-hybridized carbons (Fsp3) is 0.938. The second kappa shape index (κ2) is 7.28. The van der Waals surface area contributed by atoms with Crippen LogP contribution in [-0.4, -0.2) is 23.2 Å². The fourth-order valence-corrected chi connectivity index (χ4v) is 3.10. The van der Waals surface area contributed by atoms with Crippen molar-refractivity contribution in [3.63, 3.8) is 0 Å². The molecule has 112 valence electrons. The van der Waals surface area contributed by atoms with Crippen LogP contribution in [0.1, 0.15) is 72.6 Å². The molecule has 0 aromatic heterocycles. The van der Waals surface area contributed by atoms with Crippen LogP contribution in [0.4, 0.5) is 0 Å². The number of rotatable bonds is 6. The number of carboxylic acids is 1. The van der Waals surface area contributed by atoms with E-state index in [1.807, 2.05) is 0 Å². The van der Waals surface area contributed by atoms with Gasteiger partial charge in [0.1, 0.15) is 6.04 Å². The van der Waals surface area contributed by atoms with Gasteiger partial charge in [0.15, 0.2) is 0 Å². The highest BCUT2D eigenvalue weighted by molar-refractivity contribution is 5.73. The quantitative estimate of drug-likeness (QED) is 0.770. The molecule has 1 atom stereocenters. The Bertz CT molecular complexity index is 275. The molecule has 1 aliphatic carbocycles. The Balaban J connectivity index is 2.40. The Morgan fingerprint density at radius 2 is 1.84 bits per heavy atom. The summed E-state index contributed by atoms with van der Waals surface area (Å²) < 4.78 is 0. The molecule has 0 aromatic carbocycles. The minimum atomic E-state index is -0.689. The number of carbonyl (C=O) groups is 1. The molecular weight excluding hydrogens is 238 g/mol. The first kappa shape index (κ1) is 16.5. The summed E-state index contributed by atoms with van der Waals surface area (Å²) in [5.74, 6) is 0.0934. The second-order valence-electron chi connectivity index (χ2n) is 7.11. The van der Waals surface area contributed by atoms with E-state index in [1.165, 1.54) is 12.8 Å². The summed E-state index contributed by atoms with van der Waals surface area (Å²) in [4.78, 5) is 11.2. The van der Waals surface area contributed by atoms with Crippen molar-refractivity contribution in [3.05, 3.63) is 0 Å². The van der Waals surface area contributed by atoms with Crippen LogP contribution in [0.2, 0.25) is 0 Å². The van der Waals surface area contributed by atoms with Crippen molar-refractivity contribution >= 4 is 5.97 Å². The minimum absolute atomic E-state index is 0.351. The van der Waals surface area contributed by atoms with Gasteiger partial charge in [-0.05, 0) is 43.4 Å². The van der Waals surface area contributed by atoms with Crippen LogP contribution in [0.5, 0.6) is 0 Å². The van der Waals surface area contributed by atoms with E-state index in [0.717, 1.165) is 38.0 Å². The van der Waals surface area contributed by atoms with Gasteiger partial charge in [0.25, 0.3) is 0 Å². The van der Waals surface area contributed by atoms with E-state index < -0.39 is 5.97 Å². The summed E-state index contributed by atoms with van der Waals surface area (Å²) in [6.07, 6.45) is 7.49. The monoisotopic (exact) mass is 269 g/mol. The molecule has 1 rings (SSSR count). The lowest BCUT2D eigenvalue weighted by atomic mass is 9.71. The molecule has 0 aromatic rings. The molecule has 0 saturated heterocycles. The van der Waals surface area contributed by atoms with Gasteiger partial charge in [-0.2, -0.15) is 0 Å². The van der Waals surface area contributed by atoms with Crippen molar-refractivity contribution in [1.82, 2.24) is 5.32 Å². The summed E-state index contributed by atoms with van der Waals surface area (Å²) in [6.45, 7) is 9.04. The average Bonchev–Trinajstić information content (AvgIpc) is 2.33. The number of hydrogen-bond donors (Lipinski definition) is 2. The molecule has 0 bridgehead atoms. The first-order valence-electron chi connectivity index (χ1n) is 7.83. The highest BCUT2D eigenvalue weighted by Crippen LogP contribution is 2.37. The van der Waals surface area contributed by atoms with Crippen molar-refractivity contribution in [3.8, 4) is 0 Å². The summed E-state index contributed by atoms with van der Waals surface area (Å²) in [6, 6.07) is 0.0488. The van der Waals surface area contributed by atoms with Crippen LogP contribution >= 0.6 is 0 Å². The van der Waals surface area contributed by atoms with E-state index in [0.29, 0.717) is 11.5 Å². The van der Waals surface area contributed by atoms with Crippen molar-refractivity contribution in [2.75, 3.05) is 0 Å². The van der Waals surface area contributed by atoms with Gasteiger partial charge in [0, 0.05) is 6.04 Å². The Morgan fingerprint density at radius 3 is 2.26 bits per heavy atom. The standard InChI is InChI=1S/C16H31NO2/c1-5-6-7-14(15(18)19)17-13-10-8-12(9-11-13)16(2,3)4/h12-14,17H,5-11H2,1-4H3,(H,18,19). The topological polar surface area (TPSA) is 49.3 Å². The van der Waals surface area contributed by atoms with Crippen LogP contribution < -0.4 is 5.32 Å². The molecule has 3 nitrogen and oxygen atoms in total. The molecular formula is C16H31NO2. The lowest BCUT2D eigenvalue weighted by Gasteiger charge is -2.38. The van der Waals surface area contributed by atoms with Crippen LogP contribution in [0, 0.1) is 11.3 Å². The minimum Gasteiger partial charge on any atom is -0.480 e.